The van der Waals surface area contributed by atoms with Gasteiger partial charge in [0, 0.05) is 17.7 Å². The first kappa shape index (κ1) is 23.7. The number of carboxylic acid groups (broad SMARTS) is 1. The quantitative estimate of drug-likeness (QED) is 0.346. The molecule has 0 aliphatic rings. The van der Waals surface area contributed by atoms with E-state index in [0.29, 0.717) is 5.56 Å². The zero-order valence-corrected chi connectivity index (χ0v) is 18.2. The van der Waals surface area contributed by atoms with Crippen LogP contribution in [0.25, 0.3) is 11.4 Å². The number of nitrogens with zero attached hydrogens (tertiary/aromatic N) is 3. The van der Waals surface area contributed by atoms with E-state index in [1.807, 2.05) is 6.07 Å². The van der Waals surface area contributed by atoms with Gasteiger partial charge >= 0.3 is 18.2 Å². The predicted molar refractivity (Wildman–Crippen MR) is 122 cm³/mol. The maximum absolute atomic E-state index is 13.3. The summed E-state index contributed by atoms with van der Waals surface area (Å²) in [5.41, 5.74) is 0.771. The van der Waals surface area contributed by atoms with Gasteiger partial charge in [0.05, 0.1) is 11.1 Å². The van der Waals surface area contributed by atoms with Crippen LogP contribution >= 0.6 is 0 Å². The molecule has 4 aromatic rings. The lowest BCUT2D eigenvalue weighted by atomic mass is 10.1. The van der Waals surface area contributed by atoms with Crippen molar-refractivity contribution in [3.05, 3.63) is 101 Å². The molecule has 0 fully saturated rings. The minimum absolute atomic E-state index is 0.0466. The SMILES string of the molecule is O=C(O)c1ccc(CNc2nc(OCc3ccccc3C(F)(F)F)nc(-c3ccccc3)n2)cc1. The number of anilines is 1. The first-order chi connectivity index (χ1) is 16.8. The number of benzene rings is 3. The number of hydrogen-bond acceptors (Lipinski definition) is 6. The fraction of sp³-hybridized carbons (Fsp3) is 0.120. The van der Waals surface area contributed by atoms with Crippen molar-refractivity contribution in [1.29, 1.82) is 0 Å². The highest BCUT2D eigenvalue weighted by Gasteiger charge is 2.33. The Morgan fingerprint density at radius 1 is 0.886 bits per heavy atom. The van der Waals surface area contributed by atoms with Crippen LogP contribution in [0.4, 0.5) is 19.1 Å². The molecule has 0 unspecified atom stereocenters. The molecular formula is C25H19F3N4O3. The highest BCUT2D eigenvalue weighted by molar-refractivity contribution is 5.87. The third-order valence-corrected chi connectivity index (χ3v) is 4.98. The Hall–Kier alpha value is -4.47. The van der Waals surface area contributed by atoms with Crippen LogP contribution in [0.1, 0.15) is 27.0 Å². The van der Waals surface area contributed by atoms with E-state index in [9.17, 15) is 18.0 Å². The number of hydrogen-bond donors (Lipinski definition) is 2. The van der Waals surface area contributed by atoms with Gasteiger partial charge in [-0.1, -0.05) is 60.7 Å². The zero-order chi connectivity index (χ0) is 24.8. The lowest BCUT2D eigenvalue weighted by Crippen LogP contribution is -2.12. The van der Waals surface area contributed by atoms with Crippen molar-refractivity contribution in [2.75, 3.05) is 5.32 Å². The first-order valence-corrected chi connectivity index (χ1v) is 10.4. The predicted octanol–water partition coefficient (Wildman–Crippen LogP) is 5.45. The van der Waals surface area contributed by atoms with E-state index in [-0.39, 0.29) is 42.1 Å². The molecule has 35 heavy (non-hydrogen) atoms. The van der Waals surface area contributed by atoms with Gasteiger partial charge in [-0.25, -0.2) is 4.79 Å². The van der Waals surface area contributed by atoms with Gasteiger partial charge in [-0.3, -0.25) is 0 Å². The summed E-state index contributed by atoms with van der Waals surface area (Å²) in [4.78, 5) is 23.9. The fourth-order valence-electron chi connectivity index (χ4n) is 3.23. The largest absolute Gasteiger partial charge is 0.478 e. The summed E-state index contributed by atoms with van der Waals surface area (Å²) in [7, 11) is 0. The van der Waals surface area contributed by atoms with E-state index in [4.69, 9.17) is 9.84 Å². The highest BCUT2D eigenvalue weighted by atomic mass is 19.4. The molecule has 178 valence electrons. The summed E-state index contributed by atoms with van der Waals surface area (Å²) in [6.07, 6.45) is -4.52. The molecule has 2 N–H and O–H groups in total. The number of halogens is 3. The molecule has 1 heterocycles. The van der Waals surface area contributed by atoms with Crippen LogP contribution in [0.15, 0.2) is 78.9 Å². The molecule has 1 aromatic heterocycles. The molecule has 0 saturated carbocycles. The van der Waals surface area contributed by atoms with Crippen LogP contribution in [-0.4, -0.2) is 26.0 Å². The Labute approximate surface area is 198 Å². The first-order valence-electron chi connectivity index (χ1n) is 10.4. The normalized spacial score (nSPS) is 11.2. The number of rotatable bonds is 8. The lowest BCUT2D eigenvalue weighted by molar-refractivity contribution is -0.138. The number of aromatic carboxylic acids is 1. The second-order valence-electron chi connectivity index (χ2n) is 7.43. The minimum atomic E-state index is -4.52. The maximum atomic E-state index is 13.3. The molecular weight excluding hydrogens is 461 g/mol. The summed E-state index contributed by atoms with van der Waals surface area (Å²) in [6, 6.07) is 20.3. The number of aromatic nitrogens is 3. The second kappa shape index (κ2) is 10.2. The van der Waals surface area contributed by atoms with E-state index in [1.165, 1.54) is 30.3 Å². The third kappa shape index (κ3) is 6.11. The van der Waals surface area contributed by atoms with Crippen LogP contribution in [0.2, 0.25) is 0 Å². The Balaban J connectivity index is 1.57. The van der Waals surface area contributed by atoms with Crippen molar-refractivity contribution >= 4 is 11.9 Å². The average Bonchev–Trinajstić information content (AvgIpc) is 2.86. The lowest BCUT2D eigenvalue weighted by Gasteiger charge is -2.14. The van der Waals surface area contributed by atoms with Gasteiger partial charge in [-0.15, -0.1) is 0 Å². The number of alkyl halides is 3. The topological polar surface area (TPSA) is 97.2 Å². The zero-order valence-electron chi connectivity index (χ0n) is 18.2. The third-order valence-electron chi connectivity index (χ3n) is 4.98. The van der Waals surface area contributed by atoms with Gasteiger partial charge in [0.1, 0.15) is 6.61 Å². The molecule has 0 radical (unpaired) electrons. The molecule has 10 heteroatoms. The Bertz CT molecular complexity index is 1310. The molecule has 0 aliphatic carbocycles. The maximum Gasteiger partial charge on any atom is 0.416 e. The molecule has 0 atom stereocenters. The van der Waals surface area contributed by atoms with Gasteiger partial charge in [-0.2, -0.15) is 28.1 Å². The van der Waals surface area contributed by atoms with Crippen LogP contribution in [0, 0.1) is 0 Å². The van der Waals surface area contributed by atoms with Crippen molar-refractivity contribution in [2.45, 2.75) is 19.3 Å². The Morgan fingerprint density at radius 2 is 1.57 bits per heavy atom. The monoisotopic (exact) mass is 480 g/mol. The molecule has 4 rings (SSSR count). The smallest absolute Gasteiger partial charge is 0.416 e. The van der Waals surface area contributed by atoms with Gasteiger partial charge in [-0.05, 0) is 23.8 Å². The summed E-state index contributed by atoms with van der Waals surface area (Å²) < 4.78 is 45.5. The molecule has 0 spiro atoms. The Morgan fingerprint density at radius 3 is 2.26 bits per heavy atom. The van der Waals surface area contributed by atoms with Gasteiger partial charge in [0.2, 0.25) is 5.95 Å². The van der Waals surface area contributed by atoms with Crippen molar-refractivity contribution in [3.63, 3.8) is 0 Å². The van der Waals surface area contributed by atoms with Gasteiger partial charge < -0.3 is 15.2 Å². The minimum Gasteiger partial charge on any atom is -0.478 e. The van der Waals surface area contributed by atoms with Crippen LogP contribution in [0.5, 0.6) is 6.01 Å². The number of ether oxygens (including phenoxy) is 1. The molecule has 7 nitrogen and oxygen atoms in total. The van der Waals surface area contributed by atoms with E-state index in [1.54, 1.807) is 36.4 Å². The van der Waals surface area contributed by atoms with Gasteiger partial charge in [0.15, 0.2) is 5.82 Å². The summed E-state index contributed by atoms with van der Waals surface area (Å²) in [5.74, 6) is -0.591. The van der Waals surface area contributed by atoms with Gasteiger partial charge in [0.25, 0.3) is 0 Å². The highest BCUT2D eigenvalue weighted by Crippen LogP contribution is 2.32. The van der Waals surface area contributed by atoms with Crippen molar-refractivity contribution in [3.8, 4) is 17.4 Å². The standard InChI is InChI=1S/C25H19F3N4O3/c26-25(27,28)20-9-5-4-8-19(20)15-35-24-31-21(17-6-2-1-3-7-17)30-23(32-24)29-14-16-10-12-18(13-11-16)22(33)34/h1-13H,14-15H2,(H,33,34)(H,29,30,31,32). The number of carbonyl (C=O) groups is 1. The van der Waals surface area contributed by atoms with Crippen molar-refractivity contribution in [1.82, 2.24) is 15.0 Å². The van der Waals surface area contributed by atoms with E-state index >= 15 is 0 Å². The van der Waals surface area contributed by atoms with Crippen LogP contribution < -0.4 is 10.1 Å². The van der Waals surface area contributed by atoms with Crippen LogP contribution in [0.3, 0.4) is 0 Å². The van der Waals surface area contributed by atoms with Crippen molar-refractivity contribution < 1.29 is 27.8 Å². The van der Waals surface area contributed by atoms with E-state index in [2.05, 4.69) is 20.3 Å². The summed E-state index contributed by atoms with van der Waals surface area (Å²) >= 11 is 0. The summed E-state index contributed by atoms with van der Waals surface area (Å²) in [5, 5.41) is 12.1. The summed E-state index contributed by atoms with van der Waals surface area (Å²) in [6.45, 7) is -0.113. The molecule has 0 saturated heterocycles. The van der Waals surface area contributed by atoms with Crippen molar-refractivity contribution in [2.24, 2.45) is 0 Å². The Kier molecular flexibility index (Phi) is 6.91. The molecule has 0 bridgehead atoms. The number of carboxylic acids is 1. The second-order valence-corrected chi connectivity index (χ2v) is 7.43. The fourth-order valence-corrected chi connectivity index (χ4v) is 3.23. The number of nitrogens with one attached hydrogen (secondary N) is 1. The van der Waals surface area contributed by atoms with E-state index in [0.717, 1.165) is 11.6 Å². The molecule has 3 aromatic carbocycles. The molecule has 0 amide bonds. The average molecular weight is 480 g/mol. The van der Waals surface area contributed by atoms with E-state index < -0.39 is 17.7 Å². The van der Waals surface area contributed by atoms with Crippen LogP contribution in [-0.2, 0) is 19.3 Å². The molecule has 0 aliphatic heterocycles.